The number of thioether (sulfide) groups is 1. The van der Waals surface area contributed by atoms with E-state index in [0.29, 0.717) is 22.4 Å². The molecule has 1 amide bonds. The van der Waals surface area contributed by atoms with E-state index >= 15 is 0 Å². The number of aromatic nitrogens is 5. The number of ether oxygens (including phenoxy) is 1. The highest BCUT2D eigenvalue weighted by Crippen LogP contribution is 2.26. The van der Waals surface area contributed by atoms with Crippen LogP contribution in [-0.2, 0) is 4.79 Å². The number of hydrogen-bond donors (Lipinski definition) is 3. The van der Waals surface area contributed by atoms with E-state index < -0.39 is 0 Å². The number of nitrogen functional groups attached to an aromatic ring is 1. The molecule has 4 N–H and O–H groups in total. The normalized spacial score (nSPS) is 10.8. The Morgan fingerprint density at radius 3 is 2.65 bits per heavy atom. The van der Waals surface area contributed by atoms with Crippen molar-refractivity contribution in [1.82, 2.24) is 25.1 Å². The summed E-state index contributed by atoms with van der Waals surface area (Å²) in [7, 11) is 1.62. The van der Waals surface area contributed by atoms with E-state index in [2.05, 4.69) is 41.6 Å². The number of benzene rings is 2. The molecule has 0 atom stereocenters. The number of aromatic amines is 1. The highest BCUT2D eigenvalue weighted by Gasteiger charge is 2.16. The number of nitrogens with two attached hydrogens (primary N) is 1. The molecule has 0 aliphatic rings. The monoisotopic (exact) mass is 499 g/mol. The number of methoxy groups -OCH3 is 1. The molecule has 0 unspecified atom stereocenters. The number of halogens is 1. The number of nitrogens with zero attached hydrogens (tertiary/aromatic N) is 4. The molecular weight excluding hydrogens is 482 g/mol. The summed E-state index contributed by atoms with van der Waals surface area (Å²) in [5, 5.41) is 18.7. The van der Waals surface area contributed by atoms with Crippen LogP contribution in [0.3, 0.4) is 0 Å². The minimum absolute atomic E-state index is 0.144. The Kier molecular flexibility index (Phi) is 6.23. The van der Waals surface area contributed by atoms with Gasteiger partial charge in [-0.25, -0.2) is 4.68 Å². The predicted octanol–water partition coefficient (Wildman–Crippen LogP) is 3.55. The summed E-state index contributed by atoms with van der Waals surface area (Å²) in [5.41, 5.74) is 2.99. The first-order valence-electron chi connectivity index (χ1n) is 9.12. The Bertz CT molecular complexity index is 1190. The van der Waals surface area contributed by atoms with E-state index in [9.17, 15) is 4.79 Å². The third-order valence-corrected chi connectivity index (χ3v) is 5.80. The molecule has 0 bridgehead atoms. The smallest absolute Gasteiger partial charge is 0.234 e. The van der Waals surface area contributed by atoms with Crippen molar-refractivity contribution in [3.63, 3.8) is 0 Å². The number of carbonyl (C=O) groups is 1. The van der Waals surface area contributed by atoms with Gasteiger partial charge in [-0.3, -0.25) is 9.89 Å². The zero-order chi connectivity index (χ0) is 21.8. The summed E-state index contributed by atoms with van der Waals surface area (Å²) in [6.45, 7) is 0. The lowest BCUT2D eigenvalue weighted by molar-refractivity contribution is -0.113. The van der Waals surface area contributed by atoms with Gasteiger partial charge in [0, 0.05) is 15.7 Å². The molecular formula is C20H18BrN7O2S. The van der Waals surface area contributed by atoms with Crippen LogP contribution in [0.25, 0.3) is 22.8 Å². The second-order valence-electron chi connectivity index (χ2n) is 6.42. The lowest BCUT2D eigenvalue weighted by atomic mass is 10.1. The molecule has 0 aliphatic carbocycles. The molecule has 0 radical (unpaired) electrons. The SMILES string of the molecule is COc1ccc(-c2cc(-c3nnc(SCC(=O)Nc4ccc(Br)cc4)n3N)[nH]n2)cc1. The number of nitrogens with one attached hydrogen (secondary N) is 2. The van der Waals surface area contributed by atoms with Gasteiger partial charge in [0.15, 0.2) is 0 Å². The minimum atomic E-state index is -0.166. The van der Waals surface area contributed by atoms with Crippen LogP contribution in [0.4, 0.5) is 5.69 Å². The lowest BCUT2D eigenvalue weighted by Crippen LogP contribution is -2.16. The van der Waals surface area contributed by atoms with Gasteiger partial charge in [-0.15, -0.1) is 10.2 Å². The van der Waals surface area contributed by atoms with Crippen molar-refractivity contribution in [2.75, 3.05) is 24.0 Å². The lowest BCUT2D eigenvalue weighted by Gasteiger charge is -2.05. The average molecular weight is 500 g/mol. The number of amides is 1. The number of H-pyrrole nitrogens is 1. The molecule has 0 saturated carbocycles. The molecule has 4 aromatic rings. The Morgan fingerprint density at radius 2 is 1.94 bits per heavy atom. The van der Waals surface area contributed by atoms with Crippen LogP contribution in [-0.4, -0.2) is 43.8 Å². The van der Waals surface area contributed by atoms with Gasteiger partial charge in [-0.2, -0.15) is 5.10 Å². The first kappa shape index (κ1) is 20.9. The molecule has 4 rings (SSSR count). The van der Waals surface area contributed by atoms with E-state index in [4.69, 9.17) is 10.6 Å². The summed E-state index contributed by atoms with van der Waals surface area (Å²) in [4.78, 5) is 12.2. The summed E-state index contributed by atoms with van der Waals surface area (Å²) in [5.74, 6) is 7.31. The fraction of sp³-hybridized carbons (Fsp3) is 0.100. The van der Waals surface area contributed by atoms with E-state index in [0.717, 1.165) is 21.5 Å². The number of hydrogen-bond acceptors (Lipinski definition) is 7. The van der Waals surface area contributed by atoms with Gasteiger partial charge < -0.3 is 15.9 Å². The summed E-state index contributed by atoms with van der Waals surface area (Å²) >= 11 is 4.56. The quantitative estimate of drug-likeness (QED) is 0.262. The van der Waals surface area contributed by atoms with Crippen molar-refractivity contribution >= 4 is 39.3 Å². The van der Waals surface area contributed by atoms with Crippen molar-refractivity contribution < 1.29 is 9.53 Å². The largest absolute Gasteiger partial charge is 0.497 e. The molecule has 0 fully saturated rings. The number of anilines is 1. The average Bonchev–Trinajstić information content (AvgIpc) is 3.41. The van der Waals surface area contributed by atoms with Gasteiger partial charge >= 0.3 is 0 Å². The maximum absolute atomic E-state index is 12.2. The van der Waals surface area contributed by atoms with Crippen LogP contribution >= 0.6 is 27.7 Å². The van der Waals surface area contributed by atoms with Crippen molar-refractivity contribution in [1.29, 1.82) is 0 Å². The molecule has 2 aromatic carbocycles. The predicted molar refractivity (Wildman–Crippen MR) is 123 cm³/mol. The Morgan fingerprint density at radius 1 is 1.19 bits per heavy atom. The first-order valence-corrected chi connectivity index (χ1v) is 10.9. The second-order valence-corrected chi connectivity index (χ2v) is 8.27. The topological polar surface area (TPSA) is 124 Å². The molecule has 9 nitrogen and oxygen atoms in total. The molecule has 2 aromatic heterocycles. The highest BCUT2D eigenvalue weighted by molar-refractivity contribution is 9.10. The van der Waals surface area contributed by atoms with Crippen LogP contribution in [0.2, 0.25) is 0 Å². The van der Waals surface area contributed by atoms with Crippen molar-refractivity contribution in [2.24, 2.45) is 0 Å². The Hall–Kier alpha value is -3.31. The van der Waals surface area contributed by atoms with E-state index in [-0.39, 0.29) is 11.7 Å². The van der Waals surface area contributed by atoms with Crippen molar-refractivity contribution in [3.8, 4) is 28.5 Å². The van der Waals surface area contributed by atoms with Gasteiger partial charge in [0.05, 0.1) is 18.6 Å². The maximum atomic E-state index is 12.2. The molecule has 0 aliphatic heterocycles. The molecule has 31 heavy (non-hydrogen) atoms. The molecule has 0 saturated heterocycles. The van der Waals surface area contributed by atoms with Crippen molar-refractivity contribution in [3.05, 3.63) is 59.1 Å². The first-order chi connectivity index (χ1) is 15.0. The molecule has 2 heterocycles. The van der Waals surface area contributed by atoms with Crippen LogP contribution < -0.4 is 15.9 Å². The maximum Gasteiger partial charge on any atom is 0.234 e. The van der Waals surface area contributed by atoms with Gasteiger partial charge in [-0.05, 0) is 54.6 Å². The fourth-order valence-electron chi connectivity index (χ4n) is 2.77. The second kappa shape index (κ2) is 9.23. The van der Waals surface area contributed by atoms with E-state index in [1.54, 1.807) is 7.11 Å². The van der Waals surface area contributed by atoms with Crippen LogP contribution in [0, 0.1) is 0 Å². The van der Waals surface area contributed by atoms with E-state index in [1.165, 1.54) is 16.4 Å². The zero-order valence-corrected chi connectivity index (χ0v) is 18.8. The Labute approximate surface area is 190 Å². The van der Waals surface area contributed by atoms with Gasteiger partial charge in [0.25, 0.3) is 0 Å². The summed E-state index contributed by atoms with van der Waals surface area (Å²) < 4.78 is 7.46. The summed E-state index contributed by atoms with van der Waals surface area (Å²) in [6, 6.07) is 16.7. The highest BCUT2D eigenvalue weighted by atomic mass is 79.9. The third-order valence-electron chi connectivity index (χ3n) is 4.33. The van der Waals surface area contributed by atoms with Gasteiger partial charge in [0.2, 0.25) is 16.9 Å². The molecule has 158 valence electrons. The van der Waals surface area contributed by atoms with Crippen molar-refractivity contribution in [2.45, 2.75) is 5.16 Å². The molecule has 0 spiro atoms. The standard InChI is InChI=1S/C20H18BrN7O2S/c1-30-15-8-2-12(3-9-15)16-10-17(25-24-16)19-26-27-20(28(19)22)31-11-18(29)23-14-6-4-13(21)5-7-14/h2-10H,11,22H2,1H3,(H,23,29)(H,24,25). The van der Waals surface area contributed by atoms with Gasteiger partial charge in [-0.1, -0.05) is 27.7 Å². The zero-order valence-electron chi connectivity index (χ0n) is 16.4. The summed E-state index contributed by atoms with van der Waals surface area (Å²) in [6.07, 6.45) is 0. The number of carbonyl (C=O) groups excluding carboxylic acids is 1. The van der Waals surface area contributed by atoms with Gasteiger partial charge in [0.1, 0.15) is 11.4 Å². The Balaban J connectivity index is 1.41. The number of rotatable bonds is 7. The fourth-order valence-corrected chi connectivity index (χ4v) is 3.69. The van der Waals surface area contributed by atoms with Crippen LogP contribution in [0.15, 0.2) is 64.2 Å². The van der Waals surface area contributed by atoms with E-state index in [1.807, 2.05) is 54.6 Å². The third kappa shape index (κ3) is 4.89. The minimum Gasteiger partial charge on any atom is -0.497 e. The van der Waals surface area contributed by atoms with Crippen LogP contribution in [0.1, 0.15) is 0 Å². The van der Waals surface area contributed by atoms with Crippen LogP contribution in [0.5, 0.6) is 5.75 Å². The molecule has 11 heteroatoms.